The van der Waals surface area contributed by atoms with Crippen LogP contribution in [0.1, 0.15) is 33.6 Å². The van der Waals surface area contributed by atoms with Crippen molar-refractivity contribution in [3.05, 3.63) is 59.7 Å². The number of nitrogens with zero attached hydrogens (tertiary/aromatic N) is 1. The van der Waals surface area contributed by atoms with Gasteiger partial charge in [-0.1, -0.05) is 0 Å². The summed E-state index contributed by atoms with van der Waals surface area (Å²) < 4.78 is 63.0. The Morgan fingerprint density at radius 3 is 1.94 bits per heavy atom. The highest BCUT2D eigenvalue weighted by atomic mass is 32.2. The fraction of sp³-hybridized carbons (Fsp3) is 0.300. The van der Waals surface area contributed by atoms with Gasteiger partial charge in [-0.2, -0.15) is 17.5 Å². The second kappa shape index (κ2) is 9.06. The van der Waals surface area contributed by atoms with Crippen molar-refractivity contribution in [3.8, 4) is 0 Å². The predicted octanol–water partition coefficient (Wildman–Crippen LogP) is 3.02. The summed E-state index contributed by atoms with van der Waals surface area (Å²) in [6.45, 7) is -0.475. The van der Waals surface area contributed by atoms with Crippen molar-refractivity contribution in [1.29, 1.82) is 0 Å². The zero-order valence-corrected chi connectivity index (χ0v) is 17.1. The molecule has 2 aromatic rings. The Kier molecular flexibility index (Phi) is 6.65. The van der Waals surface area contributed by atoms with Gasteiger partial charge in [0.25, 0.3) is 11.8 Å². The molecule has 1 heterocycles. The molecular weight excluding hydrogens is 435 g/mol. The first kappa shape index (κ1) is 22.8. The fourth-order valence-corrected chi connectivity index (χ4v) is 4.56. The monoisotopic (exact) mass is 455 g/mol. The molecule has 0 aromatic heterocycles. The SMILES string of the molecule is O=C(NCC(F)(F)F)c1ccc(NC(=O)c2ccc(S(=O)(=O)N3CCCC3)cc2)cc1. The number of amides is 2. The maximum absolute atomic E-state index is 12.5. The molecule has 11 heteroatoms. The summed E-state index contributed by atoms with van der Waals surface area (Å²) in [6, 6.07) is 10.9. The van der Waals surface area contributed by atoms with Crippen molar-refractivity contribution < 1.29 is 31.2 Å². The van der Waals surface area contributed by atoms with E-state index in [1.807, 2.05) is 0 Å². The summed E-state index contributed by atoms with van der Waals surface area (Å²) >= 11 is 0. The summed E-state index contributed by atoms with van der Waals surface area (Å²) in [4.78, 5) is 24.2. The highest BCUT2D eigenvalue weighted by Gasteiger charge is 2.28. The molecule has 1 saturated heterocycles. The molecule has 0 spiro atoms. The average molecular weight is 455 g/mol. The standard InChI is InChI=1S/C20H20F3N3O4S/c21-20(22,23)13-24-18(27)14-3-7-16(8-4-14)25-19(28)15-5-9-17(10-6-15)31(29,30)26-11-1-2-12-26/h3-10H,1-2,11-13H2,(H,24,27)(H,25,28). The Morgan fingerprint density at radius 1 is 0.871 bits per heavy atom. The maximum atomic E-state index is 12.5. The van der Waals surface area contributed by atoms with E-state index in [4.69, 9.17) is 0 Å². The minimum Gasteiger partial charge on any atom is -0.343 e. The highest BCUT2D eigenvalue weighted by Crippen LogP contribution is 2.21. The third-order valence-electron chi connectivity index (χ3n) is 4.67. The molecule has 2 amide bonds. The van der Waals surface area contributed by atoms with Crippen LogP contribution in [0.5, 0.6) is 0 Å². The Hall–Kier alpha value is -2.92. The molecule has 0 atom stereocenters. The molecule has 0 unspecified atom stereocenters. The molecule has 0 saturated carbocycles. The number of benzene rings is 2. The minimum absolute atomic E-state index is 0.0127. The van der Waals surface area contributed by atoms with Crippen LogP contribution in [-0.2, 0) is 10.0 Å². The number of hydrogen-bond donors (Lipinski definition) is 2. The van der Waals surface area contributed by atoms with E-state index >= 15 is 0 Å². The van der Waals surface area contributed by atoms with Gasteiger partial charge in [0.2, 0.25) is 10.0 Å². The number of sulfonamides is 1. The molecule has 2 N–H and O–H groups in total. The molecule has 0 aliphatic carbocycles. The minimum atomic E-state index is -4.51. The topological polar surface area (TPSA) is 95.6 Å². The van der Waals surface area contributed by atoms with Gasteiger partial charge >= 0.3 is 6.18 Å². The van der Waals surface area contributed by atoms with Crippen LogP contribution in [-0.4, -0.2) is 50.3 Å². The van der Waals surface area contributed by atoms with Crippen LogP contribution in [0, 0.1) is 0 Å². The van der Waals surface area contributed by atoms with E-state index in [2.05, 4.69) is 5.32 Å². The van der Waals surface area contributed by atoms with Crippen molar-refractivity contribution in [1.82, 2.24) is 9.62 Å². The quantitative estimate of drug-likeness (QED) is 0.700. The van der Waals surface area contributed by atoms with Gasteiger partial charge in [0.05, 0.1) is 4.90 Å². The Morgan fingerprint density at radius 2 is 1.39 bits per heavy atom. The first-order chi connectivity index (χ1) is 14.6. The second-order valence-corrected chi connectivity index (χ2v) is 8.90. The number of halogens is 3. The molecule has 0 radical (unpaired) electrons. The van der Waals surface area contributed by atoms with Crippen LogP contribution in [0.4, 0.5) is 18.9 Å². The molecule has 7 nitrogen and oxygen atoms in total. The van der Waals surface area contributed by atoms with E-state index < -0.39 is 34.6 Å². The van der Waals surface area contributed by atoms with Crippen molar-refractivity contribution in [2.45, 2.75) is 23.9 Å². The van der Waals surface area contributed by atoms with Crippen LogP contribution >= 0.6 is 0 Å². The van der Waals surface area contributed by atoms with Gasteiger partial charge in [-0.05, 0) is 61.4 Å². The number of carbonyl (C=O) groups is 2. The third-order valence-corrected chi connectivity index (χ3v) is 6.59. The summed E-state index contributed by atoms with van der Waals surface area (Å²) in [7, 11) is -3.57. The molecule has 31 heavy (non-hydrogen) atoms. The number of carbonyl (C=O) groups excluding carboxylic acids is 2. The smallest absolute Gasteiger partial charge is 0.343 e. The number of hydrogen-bond acceptors (Lipinski definition) is 4. The highest BCUT2D eigenvalue weighted by molar-refractivity contribution is 7.89. The summed E-state index contributed by atoms with van der Waals surface area (Å²) in [6.07, 6.45) is -2.86. The summed E-state index contributed by atoms with van der Waals surface area (Å²) in [5, 5.41) is 4.34. The Labute approximate surface area is 177 Å². The molecule has 1 aliphatic heterocycles. The molecule has 1 fully saturated rings. The zero-order chi connectivity index (χ0) is 22.6. The average Bonchev–Trinajstić information content (AvgIpc) is 3.28. The van der Waals surface area contributed by atoms with Gasteiger partial charge in [-0.25, -0.2) is 8.42 Å². The van der Waals surface area contributed by atoms with Crippen molar-refractivity contribution in [2.75, 3.05) is 25.0 Å². The van der Waals surface area contributed by atoms with Crippen LogP contribution in [0.3, 0.4) is 0 Å². The van der Waals surface area contributed by atoms with E-state index in [1.165, 1.54) is 52.8 Å². The number of anilines is 1. The van der Waals surface area contributed by atoms with Crippen molar-refractivity contribution in [2.24, 2.45) is 0 Å². The van der Waals surface area contributed by atoms with Gasteiger partial charge in [-0.3, -0.25) is 9.59 Å². The first-order valence-electron chi connectivity index (χ1n) is 9.43. The van der Waals surface area contributed by atoms with Gasteiger partial charge in [-0.15, -0.1) is 0 Å². The lowest BCUT2D eigenvalue weighted by atomic mass is 10.1. The van der Waals surface area contributed by atoms with Gasteiger partial charge in [0.15, 0.2) is 0 Å². The van der Waals surface area contributed by atoms with Crippen LogP contribution < -0.4 is 10.6 Å². The Balaban J connectivity index is 1.62. The normalized spacial score (nSPS) is 14.9. The predicted molar refractivity (Wildman–Crippen MR) is 107 cm³/mol. The van der Waals surface area contributed by atoms with Gasteiger partial charge < -0.3 is 10.6 Å². The zero-order valence-electron chi connectivity index (χ0n) is 16.3. The lowest BCUT2D eigenvalue weighted by Crippen LogP contribution is -2.33. The van der Waals surface area contributed by atoms with Crippen LogP contribution in [0.15, 0.2) is 53.4 Å². The number of rotatable bonds is 6. The van der Waals surface area contributed by atoms with Gasteiger partial charge in [0, 0.05) is 29.9 Å². The molecule has 166 valence electrons. The molecular formula is C20H20F3N3O4S. The maximum Gasteiger partial charge on any atom is 0.405 e. The molecule has 3 rings (SSSR count). The van der Waals surface area contributed by atoms with E-state index in [1.54, 1.807) is 5.32 Å². The van der Waals surface area contributed by atoms with E-state index in [9.17, 15) is 31.2 Å². The van der Waals surface area contributed by atoms with E-state index in [0.717, 1.165) is 12.8 Å². The second-order valence-electron chi connectivity index (χ2n) is 6.96. The van der Waals surface area contributed by atoms with Crippen LogP contribution in [0.25, 0.3) is 0 Å². The van der Waals surface area contributed by atoms with Crippen molar-refractivity contribution >= 4 is 27.5 Å². The van der Waals surface area contributed by atoms with E-state index in [-0.39, 0.29) is 16.0 Å². The largest absolute Gasteiger partial charge is 0.405 e. The summed E-state index contributed by atoms with van der Waals surface area (Å²) in [5.74, 6) is -1.38. The van der Waals surface area contributed by atoms with E-state index in [0.29, 0.717) is 18.8 Å². The van der Waals surface area contributed by atoms with Gasteiger partial charge in [0.1, 0.15) is 6.54 Å². The van der Waals surface area contributed by atoms with Crippen molar-refractivity contribution in [3.63, 3.8) is 0 Å². The first-order valence-corrected chi connectivity index (χ1v) is 10.9. The summed E-state index contributed by atoms with van der Waals surface area (Å²) in [5.41, 5.74) is 0.567. The fourth-order valence-electron chi connectivity index (χ4n) is 3.05. The Bertz CT molecular complexity index is 1050. The molecule has 1 aliphatic rings. The third kappa shape index (κ3) is 5.82. The lowest BCUT2D eigenvalue weighted by Gasteiger charge is -2.15. The number of nitrogens with one attached hydrogen (secondary N) is 2. The number of alkyl halides is 3. The lowest BCUT2D eigenvalue weighted by molar-refractivity contribution is -0.123. The molecule has 2 aromatic carbocycles. The molecule has 0 bridgehead atoms. The van der Waals surface area contributed by atoms with Crippen LogP contribution in [0.2, 0.25) is 0 Å².